The average molecular weight is 369 g/mol. The van der Waals surface area contributed by atoms with Crippen LogP contribution in [0.25, 0.3) is 6.08 Å². The van der Waals surface area contributed by atoms with Crippen LogP contribution >= 0.6 is 0 Å². The van der Waals surface area contributed by atoms with Crippen LogP contribution in [0.3, 0.4) is 0 Å². The minimum Gasteiger partial charge on any atom is -0.494 e. The molecule has 7 heteroatoms. The number of rotatable bonds is 6. The van der Waals surface area contributed by atoms with E-state index in [0.29, 0.717) is 19.6 Å². The van der Waals surface area contributed by atoms with Crippen LogP contribution in [-0.4, -0.2) is 21.5 Å². The summed E-state index contributed by atoms with van der Waals surface area (Å²) in [6.07, 6.45) is 3.31. The highest BCUT2D eigenvalue weighted by Gasteiger charge is 2.32. The van der Waals surface area contributed by atoms with Crippen molar-refractivity contribution in [3.8, 4) is 5.75 Å². The number of ketones is 1. The van der Waals surface area contributed by atoms with Gasteiger partial charge in [0.1, 0.15) is 17.1 Å². The minimum absolute atomic E-state index is 0.0136. The first kappa shape index (κ1) is 18.7. The van der Waals surface area contributed by atoms with E-state index in [-0.39, 0.29) is 17.1 Å². The van der Waals surface area contributed by atoms with E-state index in [1.165, 1.54) is 11.6 Å². The zero-order valence-corrected chi connectivity index (χ0v) is 15.7. The lowest BCUT2D eigenvalue weighted by Gasteiger charge is -2.11. The number of Topliss-reactive ketones (excluding diaryl/α,β-unsaturated/α-hetero) is 1. The summed E-state index contributed by atoms with van der Waals surface area (Å²) in [4.78, 5) is 37.6. The summed E-state index contributed by atoms with van der Waals surface area (Å²) in [5, 5.41) is 2.97. The number of hydrogen-bond acceptors (Lipinski definition) is 5. The molecule has 1 aliphatic heterocycles. The second kappa shape index (κ2) is 7.65. The fraction of sp³-hybridized carbons (Fsp3) is 0.350. The molecule has 0 aliphatic carbocycles. The summed E-state index contributed by atoms with van der Waals surface area (Å²) in [6, 6.07) is 7.35. The number of benzene rings is 1. The summed E-state index contributed by atoms with van der Waals surface area (Å²) in [7, 11) is 1.39. The van der Waals surface area contributed by atoms with Crippen molar-refractivity contribution in [3.63, 3.8) is 0 Å². The van der Waals surface area contributed by atoms with Crippen molar-refractivity contribution in [1.29, 1.82) is 0 Å². The summed E-state index contributed by atoms with van der Waals surface area (Å²) in [6.45, 7) is 5.04. The van der Waals surface area contributed by atoms with Crippen LogP contribution < -0.4 is 21.3 Å². The third kappa shape index (κ3) is 3.45. The van der Waals surface area contributed by atoms with Crippen molar-refractivity contribution >= 4 is 17.7 Å². The Bertz CT molecular complexity index is 1010. The van der Waals surface area contributed by atoms with Gasteiger partial charge in [-0.3, -0.25) is 18.7 Å². The van der Waals surface area contributed by atoms with Crippen LogP contribution in [0.4, 0.5) is 5.82 Å². The molecule has 7 nitrogen and oxygen atoms in total. The minimum atomic E-state index is -0.577. The van der Waals surface area contributed by atoms with Gasteiger partial charge in [0, 0.05) is 13.6 Å². The maximum absolute atomic E-state index is 12.8. The summed E-state index contributed by atoms with van der Waals surface area (Å²) < 4.78 is 7.98. The Morgan fingerprint density at radius 3 is 2.41 bits per heavy atom. The van der Waals surface area contributed by atoms with E-state index in [2.05, 4.69) is 5.32 Å². The van der Waals surface area contributed by atoms with Gasteiger partial charge in [-0.25, -0.2) is 4.79 Å². The number of fused-ring (bicyclic) bond motifs is 1. The van der Waals surface area contributed by atoms with Crippen LogP contribution in [-0.2, 0) is 13.6 Å². The van der Waals surface area contributed by atoms with Crippen molar-refractivity contribution in [2.45, 2.75) is 33.2 Å². The molecule has 0 radical (unpaired) electrons. The highest BCUT2D eigenvalue weighted by Crippen LogP contribution is 2.26. The summed E-state index contributed by atoms with van der Waals surface area (Å²) >= 11 is 0. The molecule has 0 saturated heterocycles. The van der Waals surface area contributed by atoms with Crippen LogP contribution in [0.2, 0.25) is 0 Å². The number of ether oxygens (including phenoxy) is 1. The first-order valence-corrected chi connectivity index (χ1v) is 9.08. The third-order valence-electron chi connectivity index (χ3n) is 4.38. The molecule has 3 rings (SSSR count). The molecule has 0 atom stereocenters. The van der Waals surface area contributed by atoms with Gasteiger partial charge < -0.3 is 10.1 Å². The van der Waals surface area contributed by atoms with Crippen LogP contribution in [0, 0.1) is 0 Å². The van der Waals surface area contributed by atoms with Crippen molar-refractivity contribution in [2.24, 2.45) is 7.05 Å². The molecular formula is C20H23N3O4. The Kier molecular flexibility index (Phi) is 5.30. The molecule has 142 valence electrons. The average Bonchev–Trinajstić information content (AvgIpc) is 2.99. The predicted molar refractivity (Wildman–Crippen MR) is 104 cm³/mol. The number of nitrogens with one attached hydrogen (secondary N) is 1. The molecule has 27 heavy (non-hydrogen) atoms. The SMILES string of the molecule is CCCOc1ccc(/C=C2\Nc3c(c(=O)n(C)c(=O)n3CCC)C2=O)cc1. The highest BCUT2D eigenvalue weighted by molar-refractivity contribution is 6.19. The van der Waals surface area contributed by atoms with Crippen LogP contribution in [0.1, 0.15) is 42.6 Å². The van der Waals surface area contributed by atoms with E-state index in [4.69, 9.17) is 4.74 Å². The number of carbonyl (C=O) groups is 1. The molecule has 0 unspecified atom stereocenters. The monoisotopic (exact) mass is 369 g/mol. The Morgan fingerprint density at radius 2 is 1.78 bits per heavy atom. The Hall–Kier alpha value is -3.09. The van der Waals surface area contributed by atoms with Crippen molar-refractivity contribution in [1.82, 2.24) is 9.13 Å². The Labute approximate surface area is 156 Å². The molecule has 0 amide bonds. The van der Waals surface area contributed by atoms with Crippen LogP contribution in [0.15, 0.2) is 39.6 Å². The zero-order valence-electron chi connectivity index (χ0n) is 15.7. The van der Waals surface area contributed by atoms with Gasteiger partial charge >= 0.3 is 5.69 Å². The van der Waals surface area contributed by atoms with Crippen molar-refractivity contribution < 1.29 is 9.53 Å². The van der Waals surface area contributed by atoms with E-state index in [1.807, 2.05) is 38.1 Å². The van der Waals surface area contributed by atoms with Gasteiger partial charge in [0.15, 0.2) is 0 Å². The van der Waals surface area contributed by atoms with Gasteiger partial charge in [0.05, 0.1) is 12.3 Å². The zero-order chi connectivity index (χ0) is 19.6. The van der Waals surface area contributed by atoms with Gasteiger partial charge in [-0.15, -0.1) is 0 Å². The van der Waals surface area contributed by atoms with E-state index in [9.17, 15) is 14.4 Å². The van der Waals surface area contributed by atoms with Crippen molar-refractivity contribution in [2.75, 3.05) is 11.9 Å². The molecule has 0 bridgehead atoms. The molecule has 1 aliphatic rings. The van der Waals surface area contributed by atoms with E-state index >= 15 is 0 Å². The maximum Gasteiger partial charge on any atom is 0.332 e. The number of nitrogens with zero attached hydrogens (tertiary/aromatic N) is 2. The fourth-order valence-corrected chi connectivity index (χ4v) is 3.00. The van der Waals surface area contributed by atoms with Gasteiger partial charge in [-0.1, -0.05) is 26.0 Å². The molecule has 1 aromatic heterocycles. The van der Waals surface area contributed by atoms with E-state index in [0.717, 1.165) is 22.3 Å². The molecule has 1 aromatic carbocycles. The van der Waals surface area contributed by atoms with Gasteiger partial charge in [0.25, 0.3) is 5.56 Å². The third-order valence-corrected chi connectivity index (χ3v) is 4.38. The Balaban J connectivity index is 1.98. The van der Waals surface area contributed by atoms with Gasteiger partial charge in [0.2, 0.25) is 5.78 Å². The second-order valence-corrected chi connectivity index (χ2v) is 6.45. The topological polar surface area (TPSA) is 82.3 Å². The standard InChI is InChI=1S/C20H23N3O4/c1-4-10-23-18-16(19(25)22(3)20(23)26)17(24)15(21-18)12-13-6-8-14(9-7-13)27-11-5-2/h6-9,12,21H,4-5,10-11H2,1-3H3/b15-12-. The molecule has 0 fully saturated rings. The molecule has 0 saturated carbocycles. The van der Waals surface area contributed by atoms with E-state index in [1.54, 1.807) is 6.08 Å². The van der Waals surface area contributed by atoms with Gasteiger partial charge in [-0.05, 0) is 36.6 Å². The van der Waals surface area contributed by atoms with Crippen LogP contribution in [0.5, 0.6) is 5.75 Å². The number of allylic oxidation sites excluding steroid dienone is 1. The summed E-state index contributed by atoms with van der Waals surface area (Å²) in [5.41, 5.74) is 0.0781. The first-order valence-electron chi connectivity index (χ1n) is 9.08. The molecule has 2 heterocycles. The molecule has 1 N–H and O–H groups in total. The Morgan fingerprint density at radius 1 is 1.07 bits per heavy atom. The molecule has 2 aromatic rings. The number of anilines is 1. The number of hydrogen-bond donors (Lipinski definition) is 1. The predicted octanol–water partition coefficient (Wildman–Crippen LogP) is 2.40. The van der Waals surface area contributed by atoms with E-state index < -0.39 is 17.0 Å². The lowest BCUT2D eigenvalue weighted by Crippen LogP contribution is -2.40. The number of carbonyl (C=O) groups excluding carboxylic acids is 1. The fourth-order valence-electron chi connectivity index (χ4n) is 3.00. The highest BCUT2D eigenvalue weighted by atomic mass is 16.5. The largest absolute Gasteiger partial charge is 0.494 e. The molecular weight excluding hydrogens is 346 g/mol. The lowest BCUT2D eigenvalue weighted by molar-refractivity contribution is 0.104. The normalized spacial score (nSPS) is 14.3. The second-order valence-electron chi connectivity index (χ2n) is 6.45. The van der Waals surface area contributed by atoms with Crippen molar-refractivity contribution in [3.05, 3.63) is 61.9 Å². The number of aromatic nitrogens is 2. The lowest BCUT2D eigenvalue weighted by atomic mass is 10.1. The first-order chi connectivity index (χ1) is 13.0. The van der Waals surface area contributed by atoms with Gasteiger partial charge in [-0.2, -0.15) is 0 Å². The smallest absolute Gasteiger partial charge is 0.332 e. The quantitative estimate of drug-likeness (QED) is 0.791. The maximum atomic E-state index is 12.8. The molecule has 0 spiro atoms. The summed E-state index contributed by atoms with van der Waals surface area (Å²) in [5.74, 6) is 0.643.